The van der Waals surface area contributed by atoms with Crippen LogP contribution in [0, 0.1) is 0 Å². The number of rotatable bonds is 4. The van der Waals surface area contributed by atoms with Crippen LogP contribution in [-0.2, 0) is 13.1 Å². The summed E-state index contributed by atoms with van der Waals surface area (Å²) in [6.45, 7) is 1.26. The molecule has 0 radical (unpaired) electrons. The number of hydrogen-bond acceptors (Lipinski definition) is 3. The second-order valence-electron chi connectivity index (χ2n) is 3.55. The summed E-state index contributed by atoms with van der Waals surface area (Å²) in [4.78, 5) is 13.6. The summed E-state index contributed by atoms with van der Waals surface area (Å²) in [7, 11) is 0. The molecule has 0 bridgehead atoms. The second-order valence-corrected chi connectivity index (χ2v) is 5.27. The molecule has 1 aromatic carbocycles. The van der Waals surface area contributed by atoms with Crippen molar-refractivity contribution in [3.05, 3.63) is 54.5 Å². The van der Waals surface area contributed by atoms with Crippen molar-refractivity contribution < 1.29 is 0 Å². The minimum atomic E-state index is -0.0346. The van der Waals surface area contributed by atoms with E-state index >= 15 is 0 Å². The highest BCUT2D eigenvalue weighted by atomic mass is 35.5. The summed E-state index contributed by atoms with van der Waals surface area (Å²) in [5.74, 6) is 0. The summed E-state index contributed by atoms with van der Waals surface area (Å²) < 4.78 is 0. The molecule has 0 spiro atoms. The van der Waals surface area contributed by atoms with E-state index in [4.69, 9.17) is 23.2 Å². The topological polar surface area (TPSA) is 44.9 Å². The van der Waals surface area contributed by atoms with Crippen LogP contribution in [0.15, 0.2) is 28.4 Å². The van der Waals surface area contributed by atoms with Gasteiger partial charge in [0.1, 0.15) is 0 Å². The van der Waals surface area contributed by atoms with Gasteiger partial charge in [-0.05, 0) is 23.8 Å². The Morgan fingerprint density at radius 1 is 1.18 bits per heavy atom. The molecule has 2 N–H and O–H groups in total. The average molecular weight is 289 g/mol. The molecule has 0 aliphatic heterocycles. The third-order valence-corrected chi connectivity index (χ3v) is 3.29. The van der Waals surface area contributed by atoms with Gasteiger partial charge < -0.3 is 10.3 Å². The first-order chi connectivity index (χ1) is 8.13. The van der Waals surface area contributed by atoms with E-state index in [2.05, 4.69) is 10.3 Å². The maximum absolute atomic E-state index is 10.9. The molecule has 0 saturated carbocycles. The van der Waals surface area contributed by atoms with E-state index in [0.29, 0.717) is 23.1 Å². The molecule has 1 aromatic heterocycles. The maximum Gasteiger partial charge on any atom is 0.304 e. The lowest BCUT2D eigenvalue weighted by molar-refractivity contribution is 0.682. The van der Waals surface area contributed by atoms with Gasteiger partial charge in [0.15, 0.2) is 0 Å². The van der Waals surface area contributed by atoms with E-state index in [1.54, 1.807) is 11.4 Å². The van der Waals surface area contributed by atoms with Crippen molar-refractivity contribution in [3.8, 4) is 0 Å². The summed E-state index contributed by atoms with van der Waals surface area (Å²) >= 11 is 12.9. The number of aromatic nitrogens is 1. The molecule has 0 aliphatic rings. The molecule has 0 unspecified atom stereocenters. The molecule has 0 fully saturated rings. The van der Waals surface area contributed by atoms with Crippen LogP contribution in [0.3, 0.4) is 0 Å². The van der Waals surface area contributed by atoms with Crippen molar-refractivity contribution >= 4 is 34.5 Å². The fraction of sp³-hybridized carbons (Fsp3) is 0.182. The molecule has 6 heteroatoms. The normalized spacial score (nSPS) is 10.7. The molecular formula is C11H10Cl2N2OS. The average Bonchev–Trinajstić information content (AvgIpc) is 2.63. The van der Waals surface area contributed by atoms with E-state index in [9.17, 15) is 4.79 Å². The minimum absolute atomic E-state index is 0.0346. The quantitative estimate of drug-likeness (QED) is 0.908. The van der Waals surface area contributed by atoms with Crippen molar-refractivity contribution in [1.82, 2.24) is 10.3 Å². The molecule has 0 aliphatic carbocycles. The molecule has 90 valence electrons. The van der Waals surface area contributed by atoms with Crippen LogP contribution in [0.1, 0.15) is 11.3 Å². The SMILES string of the molecule is O=c1[nH]c(CNCc2cc(Cl)cc(Cl)c2)cs1. The summed E-state index contributed by atoms with van der Waals surface area (Å²) in [5, 5.41) is 6.26. The van der Waals surface area contributed by atoms with Gasteiger partial charge in [-0.15, -0.1) is 0 Å². The smallest absolute Gasteiger partial charge is 0.304 e. The molecule has 0 amide bonds. The molecule has 3 nitrogen and oxygen atoms in total. The number of benzene rings is 1. The van der Waals surface area contributed by atoms with Crippen LogP contribution in [-0.4, -0.2) is 4.98 Å². The van der Waals surface area contributed by atoms with Crippen LogP contribution in [0.25, 0.3) is 0 Å². The highest BCUT2D eigenvalue weighted by molar-refractivity contribution is 7.07. The zero-order chi connectivity index (χ0) is 12.3. The fourth-order valence-electron chi connectivity index (χ4n) is 1.46. The molecule has 0 atom stereocenters. The van der Waals surface area contributed by atoms with Crippen molar-refractivity contribution in [2.75, 3.05) is 0 Å². The lowest BCUT2D eigenvalue weighted by atomic mass is 10.2. The molecule has 17 heavy (non-hydrogen) atoms. The van der Waals surface area contributed by atoms with Crippen LogP contribution in [0.4, 0.5) is 0 Å². The van der Waals surface area contributed by atoms with Gasteiger partial charge in [-0.3, -0.25) is 4.79 Å². The first-order valence-corrected chi connectivity index (χ1v) is 6.59. The lowest BCUT2D eigenvalue weighted by Crippen LogP contribution is -2.13. The first kappa shape index (κ1) is 12.6. The number of halogens is 2. The zero-order valence-corrected chi connectivity index (χ0v) is 11.1. The number of hydrogen-bond donors (Lipinski definition) is 2. The molecule has 0 saturated heterocycles. The van der Waals surface area contributed by atoms with Crippen molar-refractivity contribution in [3.63, 3.8) is 0 Å². The van der Waals surface area contributed by atoms with Gasteiger partial charge >= 0.3 is 4.87 Å². The Hall–Kier alpha value is -0.810. The van der Waals surface area contributed by atoms with Gasteiger partial charge in [0.25, 0.3) is 0 Å². The number of thiazole rings is 1. The Labute approximate surface area is 112 Å². The van der Waals surface area contributed by atoms with Crippen LogP contribution < -0.4 is 10.2 Å². The highest BCUT2D eigenvalue weighted by Crippen LogP contribution is 2.18. The van der Waals surface area contributed by atoms with E-state index in [0.717, 1.165) is 22.6 Å². The van der Waals surface area contributed by atoms with Gasteiger partial charge in [0.05, 0.1) is 0 Å². The number of H-pyrrole nitrogens is 1. The first-order valence-electron chi connectivity index (χ1n) is 4.96. The molecular weight excluding hydrogens is 279 g/mol. The van der Waals surface area contributed by atoms with Crippen molar-refractivity contribution in [2.24, 2.45) is 0 Å². The Morgan fingerprint density at radius 3 is 2.47 bits per heavy atom. The Morgan fingerprint density at radius 2 is 1.88 bits per heavy atom. The zero-order valence-electron chi connectivity index (χ0n) is 8.80. The van der Waals surface area contributed by atoms with Gasteiger partial charge in [-0.2, -0.15) is 0 Å². The van der Waals surface area contributed by atoms with E-state index in [1.165, 1.54) is 0 Å². The molecule has 2 rings (SSSR count). The summed E-state index contributed by atoms with van der Waals surface area (Å²) in [5.41, 5.74) is 1.90. The predicted octanol–water partition coefficient (Wildman–Crippen LogP) is 3.03. The van der Waals surface area contributed by atoms with Crippen molar-refractivity contribution in [1.29, 1.82) is 0 Å². The van der Waals surface area contributed by atoms with E-state index < -0.39 is 0 Å². The summed E-state index contributed by atoms with van der Waals surface area (Å²) in [6.07, 6.45) is 0. The third kappa shape index (κ3) is 3.85. The van der Waals surface area contributed by atoms with Gasteiger partial charge in [0, 0.05) is 34.2 Å². The van der Waals surface area contributed by atoms with E-state index in [1.807, 2.05) is 12.1 Å². The Kier molecular flexibility index (Phi) is 4.23. The summed E-state index contributed by atoms with van der Waals surface area (Å²) in [6, 6.07) is 5.41. The lowest BCUT2D eigenvalue weighted by Gasteiger charge is -2.04. The molecule has 1 heterocycles. The number of aromatic amines is 1. The van der Waals surface area contributed by atoms with Gasteiger partial charge in [-0.1, -0.05) is 34.5 Å². The predicted molar refractivity (Wildman–Crippen MR) is 71.9 cm³/mol. The van der Waals surface area contributed by atoms with Gasteiger partial charge in [-0.25, -0.2) is 0 Å². The van der Waals surface area contributed by atoms with Crippen LogP contribution in [0.2, 0.25) is 10.0 Å². The minimum Gasteiger partial charge on any atom is -0.315 e. The molecule has 2 aromatic rings. The Bertz CT molecular complexity index is 544. The second kappa shape index (κ2) is 5.69. The highest BCUT2D eigenvalue weighted by Gasteiger charge is 1.99. The fourth-order valence-corrected chi connectivity index (χ4v) is 2.61. The van der Waals surface area contributed by atoms with Gasteiger partial charge in [0.2, 0.25) is 0 Å². The largest absolute Gasteiger partial charge is 0.315 e. The van der Waals surface area contributed by atoms with Crippen molar-refractivity contribution in [2.45, 2.75) is 13.1 Å². The maximum atomic E-state index is 10.9. The number of nitrogens with one attached hydrogen (secondary N) is 2. The monoisotopic (exact) mass is 288 g/mol. The van der Waals surface area contributed by atoms with Crippen LogP contribution >= 0.6 is 34.5 Å². The standard InChI is InChI=1S/C11H10Cl2N2OS/c12-8-1-7(2-9(13)3-8)4-14-5-10-6-17-11(16)15-10/h1-3,6,14H,4-5H2,(H,15,16). The Balaban J connectivity index is 1.91. The van der Waals surface area contributed by atoms with Crippen LogP contribution in [0.5, 0.6) is 0 Å². The third-order valence-electron chi connectivity index (χ3n) is 2.14. The van der Waals surface area contributed by atoms with E-state index in [-0.39, 0.29) is 4.87 Å².